The molecular weight excluding hydrogens is 112 g/mol. The van der Waals surface area contributed by atoms with E-state index >= 15 is 0 Å². The molecule has 1 rings (SSSR count). The molecule has 0 spiro atoms. The molecule has 1 aliphatic carbocycles. The zero-order valence-corrected chi connectivity index (χ0v) is 5.76. The molecule has 0 aromatic carbocycles. The predicted octanol–water partition coefficient (Wildman–Crippen LogP) is 1.93. The number of rotatable bonds is 1. The van der Waals surface area contributed by atoms with Crippen LogP contribution in [-0.4, -0.2) is 5.78 Å². The summed E-state index contributed by atoms with van der Waals surface area (Å²) in [5, 5.41) is 0. The Labute approximate surface area is 55.8 Å². The number of Topliss-reactive ketones (excluding diaryl/α,β-unsaturated/α-hetero) is 1. The SMILES string of the molecule is C/C=C\C1CCC(=O)C1. The van der Waals surface area contributed by atoms with E-state index < -0.39 is 0 Å². The van der Waals surface area contributed by atoms with E-state index in [1.54, 1.807) is 0 Å². The summed E-state index contributed by atoms with van der Waals surface area (Å²) in [7, 11) is 0. The molecule has 0 aliphatic heterocycles. The van der Waals surface area contributed by atoms with E-state index in [2.05, 4.69) is 6.08 Å². The fourth-order valence-electron chi connectivity index (χ4n) is 1.28. The minimum Gasteiger partial charge on any atom is -0.300 e. The molecule has 0 N–H and O–H groups in total. The summed E-state index contributed by atoms with van der Waals surface area (Å²) < 4.78 is 0. The van der Waals surface area contributed by atoms with Gasteiger partial charge in [0, 0.05) is 12.8 Å². The molecule has 1 aliphatic rings. The quantitative estimate of drug-likeness (QED) is 0.488. The Morgan fingerprint density at radius 3 is 2.89 bits per heavy atom. The van der Waals surface area contributed by atoms with E-state index in [4.69, 9.17) is 0 Å². The maximum Gasteiger partial charge on any atom is 0.133 e. The molecular formula is C8H12O. The third-order valence-electron chi connectivity index (χ3n) is 1.75. The van der Waals surface area contributed by atoms with E-state index in [1.165, 1.54) is 0 Å². The molecule has 9 heavy (non-hydrogen) atoms. The van der Waals surface area contributed by atoms with Gasteiger partial charge >= 0.3 is 0 Å². The van der Waals surface area contributed by atoms with Crippen molar-refractivity contribution in [3.05, 3.63) is 12.2 Å². The van der Waals surface area contributed by atoms with Crippen LogP contribution in [0.25, 0.3) is 0 Å². The summed E-state index contributed by atoms with van der Waals surface area (Å²) in [6.07, 6.45) is 6.82. The number of ketones is 1. The highest BCUT2D eigenvalue weighted by Crippen LogP contribution is 2.22. The maximum absolute atomic E-state index is 10.7. The van der Waals surface area contributed by atoms with Gasteiger partial charge in [-0.1, -0.05) is 12.2 Å². The van der Waals surface area contributed by atoms with E-state index in [-0.39, 0.29) is 0 Å². The Balaban J connectivity index is 2.39. The van der Waals surface area contributed by atoms with Crippen LogP contribution in [0.1, 0.15) is 26.2 Å². The van der Waals surface area contributed by atoms with Gasteiger partial charge in [-0.3, -0.25) is 4.79 Å². The summed E-state index contributed by atoms with van der Waals surface area (Å²) in [6.45, 7) is 2.00. The lowest BCUT2D eigenvalue weighted by atomic mass is 10.1. The molecule has 1 nitrogen and oxygen atoms in total. The Bertz CT molecular complexity index is 136. The van der Waals surface area contributed by atoms with Gasteiger partial charge in [0.2, 0.25) is 0 Å². The van der Waals surface area contributed by atoms with Gasteiger partial charge in [-0.15, -0.1) is 0 Å². The third-order valence-corrected chi connectivity index (χ3v) is 1.75. The van der Waals surface area contributed by atoms with Crippen LogP contribution in [0.2, 0.25) is 0 Å². The topological polar surface area (TPSA) is 17.1 Å². The minimum absolute atomic E-state index is 0.429. The summed E-state index contributed by atoms with van der Waals surface area (Å²) in [6, 6.07) is 0. The number of carbonyl (C=O) groups is 1. The zero-order chi connectivity index (χ0) is 6.69. The van der Waals surface area contributed by atoms with Crippen molar-refractivity contribution in [1.82, 2.24) is 0 Å². The summed E-state index contributed by atoms with van der Waals surface area (Å²) in [5.74, 6) is 0.987. The zero-order valence-electron chi connectivity index (χ0n) is 5.76. The Kier molecular flexibility index (Phi) is 2.04. The van der Waals surface area contributed by atoms with Crippen LogP contribution in [-0.2, 0) is 4.79 Å². The fraction of sp³-hybridized carbons (Fsp3) is 0.625. The van der Waals surface area contributed by atoms with E-state index in [0.29, 0.717) is 11.7 Å². The second-order valence-electron chi connectivity index (χ2n) is 2.57. The summed E-state index contributed by atoms with van der Waals surface area (Å²) in [4.78, 5) is 10.7. The van der Waals surface area contributed by atoms with Crippen LogP contribution in [0.4, 0.5) is 0 Å². The normalized spacial score (nSPS) is 28.1. The number of hydrogen-bond acceptors (Lipinski definition) is 1. The lowest BCUT2D eigenvalue weighted by Crippen LogP contribution is -1.89. The van der Waals surface area contributed by atoms with E-state index in [1.807, 2.05) is 13.0 Å². The average molecular weight is 124 g/mol. The smallest absolute Gasteiger partial charge is 0.133 e. The number of carbonyl (C=O) groups excluding carboxylic acids is 1. The Morgan fingerprint density at radius 2 is 2.44 bits per heavy atom. The highest BCUT2D eigenvalue weighted by Gasteiger charge is 2.18. The van der Waals surface area contributed by atoms with Crippen molar-refractivity contribution in [1.29, 1.82) is 0 Å². The van der Waals surface area contributed by atoms with E-state index in [0.717, 1.165) is 19.3 Å². The van der Waals surface area contributed by atoms with Crippen LogP contribution in [0.15, 0.2) is 12.2 Å². The van der Waals surface area contributed by atoms with Crippen molar-refractivity contribution < 1.29 is 4.79 Å². The molecule has 1 fully saturated rings. The fourth-order valence-corrected chi connectivity index (χ4v) is 1.28. The lowest BCUT2D eigenvalue weighted by molar-refractivity contribution is -0.117. The van der Waals surface area contributed by atoms with Gasteiger partial charge in [-0.2, -0.15) is 0 Å². The average Bonchev–Trinajstić information content (AvgIpc) is 2.17. The van der Waals surface area contributed by atoms with Crippen LogP contribution in [0.3, 0.4) is 0 Å². The molecule has 0 aromatic heterocycles. The molecule has 0 heterocycles. The standard InChI is InChI=1S/C8H12O/c1-2-3-7-4-5-8(9)6-7/h2-3,7H,4-6H2,1H3/b3-2-. The highest BCUT2D eigenvalue weighted by atomic mass is 16.1. The first-order valence-electron chi connectivity index (χ1n) is 3.47. The number of allylic oxidation sites excluding steroid dienone is 2. The van der Waals surface area contributed by atoms with Gasteiger partial charge in [-0.25, -0.2) is 0 Å². The van der Waals surface area contributed by atoms with Crippen LogP contribution >= 0.6 is 0 Å². The molecule has 1 heteroatoms. The second kappa shape index (κ2) is 2.81. The van der Waals surface area contributed by atoms with E-state index in [9.17, 15) is 4.79 Å². The second-order valence-corrected chi connectivity index (χ2v) is 2.57. The molecule has 0 bridgehead atoms. The van der Waals surface area contributed by atoms with Gasteiger partial charge in [0.15, 0.2) is 0 Å². The monoisotopic (exact) mass is 124 g/mol. The number of hydrogen-bond donors (Lipinski definition) is 0. The summed E-state index contributed by atoms with van der Waals surface area (Å²) in [5.41, 5.74) is 0. The van der Waals surface area contributed by atoms with Gasteiger partial charge in [0.05, 0.1) is 0 Å². The molecule has 50 valence electrons. The molecule has 0 aromatic rings. The van der Waals surface area contributed by atoms with Gasteiger partial charge in [0.25, 0.3) is 0 Å². The molecule has 0 radical (unpaired) electrons. The van der Waals surface area contributed by atoms with Gasteiger partial charge in [-0.05, 0) is 19.3 Å². The van der Waals surface area contributed by atoms with Gasteiger partial charge in [0.1, 0.15) is 5.78 Å². The van der Waals surface area contributed by atoms with Crippen molar-refractivity contribution in [3.8, 4) is 0 Å². The molecule has 0 amide bonds. The van der Waals surface area contributed by atoms with Crippen molar-refractivity contribution in [2.45, 2.75) is 26.2 Å². The van der Waals surface area contributed by atoms with Gasteiger partial charge < -0.3 is 0 Å². The summed E-state index contributed by atoms with van der Waals surface area (Å²) >= 11 is 0. The highest BCUT2D eigenvalue weighted by molar-refractivity contribution is 5.80. The lowest BCUT2D eigenvalue weighted by Gasteiger charge is -1.95. The largest absolute Gasteiger partial charge is 0.300 e. The predicted molar refractivity (Wildman–Crippen MR) is 37.2 cm³/mol. The molecule has 1 unspecified atom stereocenters. The van der Waals surface area contributed by atoms with Crippen LogP contribution in [0.5, 0.6) is 0 Å². The minimum atomic E-state index is 0.429. The van der Waals surface area contributed by atoms with Crippen molar-refractivity contribution in [2.24, 2.45) is 5.92 Å². The Hall–Kier alpha value is -0.590. The molecule has 0 saturated heterocycles. The van der Waals surface area contributed by atoms with Crippen molar-refractivity contribution in [2.75, 3.05) is 0 Å². The first-order valence-corrected chi connectivity index (χ1v) is 3.47. The van der Waals surface area contributed by atoms with Crippen LogP contribution < -0.4 is 0 Å². The Morgan fingerprint density at radius 1 is 1.67 bits per heavy atom. The maximum atomic E-state index is 10.7. The molecule has 1 atom stereocenters. The van der Waals surface area contributed by atoms with Crippen molar-refractivity contribution in [3.63, 3.8) is 0 Å². The van der Waals surface area contributed by atoms with Crippen LogP contribution in [0, 0.1) is 5.92 Å². The van der Waals surface area contributed by atoms with Crippen molar-refractivity contribution >= 4 is 5.78 Å². The first kappa shape index (κ1) is 6.53. The third kappa shape index (κ3) is 1.67. The molecule has 1 saturated carbocycles. The first-order chi connectivity index (χ1) is 4.33.